The minimum atomic E-state index is -0.344. The third-order valence-electron chi connectivity index (χ3n) is 1.89. The maximum atomic E-state index is 11.2. The quantitative estimate of drug-likeness (QED) is 0.398. The highest BCUT2D eigenvalue weighted by Crippen LogP contribution is 2.09. The van der Waals surface area contributed by atoms with Gasteiger partial charge in [0.1, 0.15) is 11.6 Å². The average Bonchev–Trinajstić information content (AvgIpc) is 2.16. The molecule has 0 saturated heterocycles. The van der Waals surface area contributed by atoms with Gasteiger partial charge in [-0.15, -0.1) is 0 Å². The van der Waals surface area contributed by atoms with Crippen molar-refractivity contribution in [3.63, 3.8) is 0 Å². The molecule has 0 saturated carbocycles. The van der Waals surface area contributed by atoms with E-state index in [2.05, 4.69) is 5.32 Å². The molecule has 1 aromatic carbocycles. The lowest BCUT2D eigenvalue weighted by molar-refractivity contribution is -0.124. The van der Waals surface area contributed by atoms with E-state index in [1.807, 2.05) is 0 Å². The number of amidine groups is 1. The Labute approximate surface area is 93.2 Å². The fourth-order valence-corrected chi connectivity index (χ4v) is 1.16. The molecule has 0 atom stereocenters. The van der Waals surface area contributed by atoms with Gasteiger partial charge in [0.25, 0.3) is 0 Å². The number of nitrogens with one attached hydrogen (secondary N) is 2. The number of rotatable bonds is 4. The molecule has 0 fully saturated rings. The van der Waals surface area contributed by atoms with E-state index in [4.69, 9.17) is 11.1 Å². The van der Waals surface area contributed by atoms with Crippen molar-refractivity contribution in [2.75, 3.05) is 5.32 Å². The van der Waals surface area contributed by atoms with Crippen LogP contribution < -0.4 is 11.1 Å². The van der Waals surface area contributed by atoms with Crippen LogP contribution in [0.2, 0.25) is 0 Å². The Balaban J connectivity index is 2.65. The maximum absolute atomic E-state index is 11.2. The number of carbonyl (C=O) groups excluding carboxylic acids is 2. The first-order valence-corrected chi connectivity index (χ1v) is 4.73. The number of nitrogen functional groups attached to an aromatic ring is 1. The molecule has 0 aromatic heterocycles. The summed E-state index contributed by atoms with van der Waals surface area (Å²) in [6.07, 6.45) is -0.130. The Hall–Kier alpha value is -2.17. The summed E-state index contributed by atoms with van der Waals surface area (Å²) in [5.74, 6) is -0.553. The van der Waals surface area contributed by atoms with Gasteiger partial charge in [0, 0.05) is 11.3 Å². The summed E-state index contributed by atoms with van der Waals surface area (Å²) in [5.41, 5.74) is 6.45. The number of anilines is 1. The van der Waals surface area contributed by atoms with E-state index in [-0.39, 0.29) is 23.9 Å². The summed E-state index contributed by atoms with van der Waals surface area (Å²) in [4.78, 5) is 21.9. The lowest BCUT2D eigenvalue weighted by atomic mass is 10.2. The molecule has 0 aliphatic heterocycles. The van der Waals surface area contributed by atoms with Crippen molar-refractivity contribution in [3.05, 3.63) is 29.8 Å². The van der Waals surface area contributed by atoms with Gasteiger partial charge in [-0.2, -0.15) is 0 Å². The zero-order valence-electron chi connectivity index (χ0n) is 8.91. The normalized spacial score (nSPS) is 9.56. The Bertz CT molecular complexity index is 423. The fraction of sp³-hybridized carbons (Fsp3) is 0.182. The molecule has 5 heteroatoms. The Morgan fingerprint density at radius 1 is 1.31 bits per heavy atom. The van der Waals surface area contributed by atoms with Crippen molar-refractivity contribution in [2.24, 2.45) is 5.73 Å². The van der Waals surface area contributed by atoms with Crippen LogP contribution in [0.25, 0.3) is 0 Å². The maximum Gasteiger partial charge on any atom is 0.231 e. The summed E-state index contributed by atoms with van der Waals surface area (Å²) in [5, 5.41) is 9.75. The third-order valence-corrected chi connectivity index (χ3v) is 1.89. The second-order valence-corrected chi connectivity index (χ2v) is 3.42. The molecule has 0 unspecified atom stereocenters. The third kappa shape index (κ3) is 3.53. The molecule has 84 valence electrons. The molecule has 0 radical (unpaired) electrons. The number of carbonyl (C=O) groups is 2. The molecule has 0 aliphatic carbocycles. The van der Waals surface area contributed by atoms with Crippen molar-refractivity contribution in [1.82, 2.24) is 0 Å². The molecule has 0 aliphatic rings. The Morgan fingerprint density at radius 3 is 2.31 bits per heavy atom. The zero-order valence-corrected chi connectivity index (χ0v) is 8.91. The minimum absolute atomic E-state index is 0.0263. The van der Waals surface area contributed by atoms with Crippen LogP contribution in [-0.2, 0) is 9.59 Å². The summed E-state index contributed by atoms with van der Waals surface area (Å²) in [7, 11) is 0. The molecule has 1 amide bonds. The molecule has 1 rings (SSSR count). The van der Waals surface area contributed by atoms with Crippen molar-refractivity contribution in [3.8, 4) is 0 Å². The van der Waals surface area contributed by atoms with Gasteiger partial charge in [0.15, 0.2) is 0 Å². The van der Waals surface area contributed by atoms with Gasteiger partial charge >= 0.3 is 0 Å². The van der Waals surface area contributed by atoms with Crippen LogP contribution in [0.5, 0.6) is 0 Å². The highest BCUT2D eigenvalue weighted by Gasteiger charge is 2.05. The first-order chi connectivity index (χ1) is 7.49. The van der Waals surface area contributed by atoms with E-state index < -0.39 is 0 Å². The molecule has 1 aromatic rings. The molecule has 0 heterocycles. The van der Waals surface area contributed by atoms with E-state index in [0.29, 0.717) is 11.3 Å². The Kier molecular flexibility index (Phi) is 3.77. The fourth-order valence-electron chi connectivity index (χ4n) is 1.16. The molecule has 4 N–H and O–H groups in total. The van der Waals surface area contributed by atoms with Crippen LogP contribution in [-0.4, -0.2) is 17.5 Å². The minimum Gasteiger partial charge on any atom is -0.384 e. The summed E-state index contributed by atoms with van der Waals surface area (Å²) >= 11 is 0. The Morgan fingerprint density at radius 2 is 1.88 bits per heavy atom. The highest BCUT2D eigenvalue weighted by molar-refractivity contribution is 6.03. The van der Waals surface area contributed by atoms with Gasteiger partial charge in [0.05, 0.1) is 6.42 Å². The smallest absolute Gasteiger partial charge is 0.231 e. The number of hydrogen-bond acceptors (Lipinski definition) is 3. The lowest BCUT2D eigenvalue weighted by Crippen LogP contribution is -2.15. The molecule has 5 nitrogen and oxygen atoms in total. The van der Waals surface area contributed by atoms with Crippen LogP contribution in [0.4, 0.5) is 5.69 Å². The predicted molar refractivity (Wildman–Crippen MR) is 61.4 cm³/mol. The average molecular weight is 219 g/mol. The number of Topliss-reactive ketones (excluding diaryl/α,β-unsaturated/α-hetero) is 1. The largest absolute Gasteiger partial charge is 0.384 e. The summed E-state index contributed by atoms with van der Waals surface area (Å²) < 4.78 is 0. The van der Waals surface area contributed by atoms with Gasteiger partial charge in [-0.1, -0.05) is 0 Å². The van der Waals surface area contributed by atoms with Crippen molar-refractivity contribution in [2.45, 2.75) is 13.3 Å². The van der Waals surface area contributed by atoms with Crippen LogP contribution in [0, 0.1) is 5.41 Å². The second-order valence-electron chi connectivity index (χ2n) is 3.42. The van der Waals surface area contributed by atoms with Crippen LogP contribution in [0.1, 0.15) is 18.9 Å². The van der Waals surface area contributed by atoms with Gasteiger partial charge in [0.2, 0.25) is 5.91 Å². The number of benzene rings is 1. The van der Waals surface area contributed by atoms with Gasteiger partial charge in [-0.25, -0.2) is 0 Å². The lowest BCUT2D eigenvalue weighted by Gasteiger charge is -2.04. The topological polar surface area (TPSA) is 96.0 Å². The molecule has 0 bridgehead atoms. The number of ketones is 1. The predicted octanol–water partition coefficient (Wildman–Crippen LogP) is 0.888. The number of amides is 1. The summed E-state index contributed by atoms with van der Waals surface area (Å²) in [6, 6.07) is 6.53. The highest BCUT2D eigenvalue weighted by atomic mass is 16.2. The SMILES string of the molecule is CC(=O)CC(=O)Nc1ccc(C(=N)N)cc1. The molecule has 0 spiro atoms. The van der Waals surface area contributed by atoms with E-state index in [1.165, 1.54) is 6.92 Å². The van der Waals surface area contributed by atoms with Gasteiger partial charge in [-0.05, 0) is 31.2 Å². The van der Waals surface area contributed by atoms with E-state index >= 15 is 0 Å². The first-order valence-electron chi connectivity index (χ1n) is 4.73. The zero-order chi connectivity index (χ0) is 12.1. The van der Waals surface area contributed by atoms with Crippen LogP contribution >= 0.6 is 0 Å². The molecular weight excluding hydrogens is 206 g/mol. The van der Waals surface area contributed by atoms with Crippen LogP contribution in [0.3, 0.4) is 0 Å². The molecule has 16 heavy (non-hydrogen) atoms. The summed E-state index contributed by atoms with van der Waals surface area (Å²) in [6.45, 7) is 1.36. The van der Waals surface area contributed by atoms with Crippen LogP contribution in [0.15, 0.2) is 24.3 Å². The first kappa shape index (κ1) is 11.9. The standard InChI is InChI=1S/C11H13N3O2/c1-7(15)6-10(16)14-9-4-2-8(3-5-9)11(12)13/h2-5H,6H2,1H3,(H3,12,13)(H,14,16). The number of nitrogens with two attached hydrogens (primary N) is 1. The molecular formula is C11H13N3O2. The van der Waals surface area contributed by atoms with Crippen molar-refractivity contribution >= 4 is 23.2 Å². The van der Waals surface area contributed by atoms with Crippen molar-refractivity contribution in [1.29, 1.82) is 5.41 Å². The van der Waals surface area contributed by atoms with Crippen molar-refractivity contribution < 1.29 is 9.59 Å². The van der Waals surface area contributed by atoms with E-state index in [1.54, 1.807) is 24.3 Å². The van der Waals surface area contributed by atoms with E-state index in [0.717, 1.165) is 0 Å². The van der Waals surface area contributed by atoms with E-state index in [9.17, 15) is 9.59 Å². The monoisotopic (exact) mass is 219 g/mol. The van der Waals surface area contributed by atoms with Gasteiger partial charge < -0.3 is 11.1 Å². The second kappa shape index (κ2) is 5.06. The number of hydrogen-bond donors (Lipinski definition) is 3. The van der Waals surface area contributed by atoms with Gasteiger partial charge in [-0.3, -0.25) is 15.0 Å².